The van der Waals surface area contributed by atoms with Gasteiger partial charge in [-0.05, 0) is 12.1 Å². The largest absolute Gasteiger partial charge is 0.594 e. The van der Waals surface area contributed by atoms with Crippen molar-refractivity contribution in [2.75, 3.05) is 11.9 Å². The van der Waals surface area contributed by atoms with Crippen molar-refractivity contribution in [1.82, 2.24) is 5.10 Å². The van der Waals surface area contributed by atoms with Crippen LogP contribution in [0.1, 0.15) is 5.69 Å². The molecule has 3 rings (SSSR count). The summed E-state index contributed by atoms with van der Waals surface area (Å²) >= 11 is 0. The van der Waals surface area contributed by atoms with Crippen LogP contribution < -0.4 is 9.75 Å². The maximum Gasteiger partial charge on any atom is 0.242 e. The topological polar surface area (TPSA) is 43.1 Å². The Kier molecular flexibility index (Phi) is 3.74. The van der Waals surface area contributed by atoms with Gasteiger partial charge in [-0.15, -0.1) is 0 Å². The minimum Gasteiger partial charge on any atom is -0.594 e. The van der Waals surface area contributed by atoms with E-state index in [4.69, 9.17) is 0 Å². The van der Waals surface area contributed by atoms with E-state index in [1.807, 2.05) is 78.7 Å². The molecular formula is C18H17N3O. The SMILES string of the molecule is Cc1c(N(C)c2ccccc2)cc(-c2ccccc2)n[n+]1[O-]. The zero-order valence-corrected chi connectivity index (χ0v) is 12.6. The first-order valence-electron chi connectivity index (χ1n) is 7.12. The van der Waals surface area contributed by atoms with Crippen LogP contribution in [0, 0.1) is 12.1 Å². The first-order chi connectivity index (χ1) is 10.7. The quantitative estimate of drug-likeness (QED) is 0.548. The van der Waals surface area contributed by atoms with Gasteiger partial charge in [-0.2, -0.15) is 0 Å². The van der Waals surface area contributed by atoms with Crippen molar-refractivity contribution in [3.8, 4) is 11.3 Å². The lowest BCUT2D eigenvalue weighted by molar-refractivity contribution is -0.673. The third-order valence-electron chi connectivity index (χ3n) is 3.70. The zero-order valence-electron chi connectivity index (χ0n) is 12.6. The fourth-order valence-electron chi connectivity index (χ4n) is 2.41. The Hall–Kier alpha value is -2.88. The molecule has 0 saturated heterocycles. The molecule has 0 aliphatic heterocycles. The first-order valence-corrected chi connectivity index (χ1v) is 7.12. The summed E-state index contributed by atoms with van der Waals surface area (Å²) in [5.74, 6) is 0. The smallest absolute Gasteiger partial charge is 0.242 e. The van der Waals surface area contributed by atoms with Gasteiger partial charge in [0.05, 0.1) is 0 Å². The van der Waals surface area contributed by atoms with Crippen LogP contribution in [0.5, 0.6) is 0 Å². The molecule has 0 unspecified atom stereocenters. The standard InChI is InChI=1S/C18H17N3O/c1-14-18(20(2)16-11-7-4-8-12-16)13-17(19-21(14)22)15-9-5-3-6-10-15/h3-13H,1-2H3. The molecule has 0 saturated carbocycles. The van der Waals surface area contributed by atoms with Gasteiger partial charge in [0.25, 0.3) is 0 Å². The van der Waals surface area contributed by atoms with Crippen LogP contribution in [0.2, 0.25) is 0 Å². The molecule has 0 aliphatic carbocycles. The number of hydrogen-bond donors (Lipinski definition) is 0. The number of anilines is 2. The van der Waals surface area contributed by atoms with Gasteiger partial charge in [-0.3, -0.25) is 0 Å². The van der Waals surface area contributed by atoms with Crippen LogP contribution in [0.15, 0.2) is 66.7 Å². The van der Waals surface area contributed by atoms with Crippen molar-refractivity contribution < 1.29 is 4.85 Å². The van der Waals surface area contributed by atoms with Crippen LogP contribution in [0.4, 0.5) is 11.4 Å². The second-order valence-electron chi connectivity index (χ2n) is 5.13. The normalized spacial score (nSPS) is 10.5. The minimum absolute atomic E-state index is 0.575. The Morgan fingerprint density at radius 3 is 2.18 bits per heavy atom. The molecule has 0 spiro atoms. The lowest BCUT2D eigenvalue weighted by Gasteiger charge is -2.20. The average Bonchev–Trinajstić information content (AvgIpc) is 2.58. The highest BCUT2D eigenvalue weighted by Gasteiger charge is 2.17. The second-order valence-corrected chi connectivity index (χ2v) is 5.13. The summed E-state index contributed by atoms with van der Waals surface area (Å²) in [4.78, 5) is 2.69. The lowest BCUT2D eigenvalue weighted by Crippen LogP contribution is -2.36. The monoisotopic (exact) mass is 291 g/mol. The van der Waals surface area contributed by atoms with Gasteiger partial charge in [0.1, 0.15) is 11.4 Å². The molecule has 1 aromatic heterocycles. The van der Waals surface area contributed by atoms with Crippen LogP contribution in [0.3, 0.4) is 0 Å². The highest BCUT2D eigenvalue weighted by Crippen LogP contribution is 2.27. The fourth-order valence-corrected chi connectivity index (χ4v) is 2.41. The summed E-state index contributed by atoms with van der Waals surface area (Å²) in [6.07, 6.45) is 0. The van der Waals surface area contributed by atoms with Crippen LogP contribution >= 0.6 is 0 Å². The molecule has 3 aromatic rings. The Bertz CT molecular complexity index is 773. The van der Waals surface area contributed by atoms with Gasteiger partial charge in [0, 0.05) is 36.4 Å². The Balaban J connectivity index is 2.10. The number of aromatic nitrogens is 2. The van der Waals surface area contributed by atoms with Crippen LogP contribution in [0.25, 0.3) is 11.3 Å². The van der Waals surface area contributed by atoms with E-state index in [1.165, 1.54) is 0 Å². The van der Waals surface area contributed by atoms with E-state index in [0.717, 1.165) is 16.9 Å². The molecule has 0 radical (unpaired) electrons. The third-order valence-corrected chi connectivity index (χ3v) is 3.70. The molecule has 4 nitrogen and oxygen atoms in total. The van der Waals surface area contributed by atoms with E-state index in [2.05, 4.69) is 5.10 Å². The van der Waals surface area contributed by atoms with Gasteiger partial charge in [0.15, 0.2) is 0 Å². The number of nitrogens with zero attached hydrogens (tertiary/aromatic N) is 3. The summed E-state index contributed by atoms with van der Waals surface area (Å²) in [6.45, 7) is 1.78. The van der Waals surface area contributed by atoms with Crippen molar-refractivity contribution in [3.63, 3.8) is 0 Å². The van der Waals surface area contributed by atoms with Crippen LogP contribution in [-0.2, 0) is 0 Å². The van der Waals surface area contributed by atoms with Crippen LogP contribution in [-0.4, -0.2) is 12.1 Å². The molecule has 0 atom stereocenters. The van der Waals surface area contributed by atoms with Gasteiger partial charge in [-0.25, -0.2) is 0 Å². The molecule has 0 N–H and O–H groups in total. The molecule has 110 valence electrons. The van der Waals surface area contributed by atoms with E-state index >= 15 is 0 Å². The number of hydrogen-bond acceptors (Lipinski definition) is 3. The van der Waals surface area contributed by atoms with Gasteiger partial charge in [0.2, 0.25) is 5.69 Å². The van der Waals surface area contributed by atoms with Crippen molar-refractivity contribution in [2.45, 2.75) is 6.92 Å². The number of benzene rings is 2. The summed E-state index contributed by atoms with van der Waals surface area (Å²) in [6, 6.07) is 21.6. The highest BCUT2D eigenvalue weighted by molar-refractivity contribution is 5.69. The van der Waals surface area contributed by atoms with Crippen molar-refractivity contribution in [2.24, 2.45) is 0 Å². The summed E-state index contributed by atoms with van der Waals surface area (Å²) in [7, 11) is 1.95. The summed E-state index contributed by atoms with van der Waals surface area (Å²) in [5.41, 5.74) is 4.03. The summed E-state index contributed by atoms with van der Waals surface area (Å²) < 4.78 is 0. The van der Waals surface area contributed by atoms with Gasteiger partial charge in [-0.1, -0.05) is 53.4 Å². The van der Waals surface area contributed by atoms with E-state index < -0.39 is 0 Å². The molecular weight excluding hydrogens is 274 g/mol. The lowest BCUT2D eigenvalue weighted by atomic mass is 10.1. The Labute approximate surface area is 129 Å². The molecule has 4 heteroatoms. The van der Waals surface area contributed by atoms with E-state index in [-0.39, 0.29) is 0 Å². The zero-order chi connectivity index (χ0) is 15.5. The number of para-hydroxylation sites is 1. The first kappa shape index (κ1) is 14.1. The van der Waals surface area contributed by atoms with Gasteiger partial charge >= 0.3 is 0 Å². The van der Waals surface area contributed by atoms with Crippen molar-refractivity contribution in [3.05, 3.63) is 77.6 Å². The second kappa shape index (κ2) is 5.85. The van der Waals surface area contributed by atoms with Crippen molar-refractivity contribution in [1.29, 1.82) is 0 Å². The predicted octanol–water partition coefficient (Wildman–Crippen LogP) is 3.46. The summed E-state index contributed by atoms with van der Waals surface area (Å²) in [5, 5.41) is 16.3. The molecule has 0 bridgehead atoms. The Morgan fingerprint density at radius 2 is 1.55 bits per heavy atom. The maximum absolute atomic E-state index is 12.1. The highest BCUT2D eigenvalue weighted by atomic mass is 16.5. The van der Waals surface area contributed by atoms with E-state index in [0.29, 0.717) is 16.2 Å². The Morgan fingerprint density at radius 1 is 0.955 bits per heavy atom. The predicted molar refractivity (Wildman–Crippen MR) is 87.9 cm³/mol. The number of rotatable bonds is 3. The van der Waals surface area contributed by atoms with E-state index in [1.54, 1.807) is 6.92 Å². The maximum atomic E-state index is 12.1. The third kappa shape index (κ3) is 2.63. The molecule has 2 aromatic carbocycles. The minimum atomic E-state index is 0.575. The molecule has 0 aliphatic rings. The fraction of sp³-hybridized carbons (Fsp3) is 0.111. The molecule has 0 fully saturated rings. The average molecular weight is 291 g/mol. The molecule has 1 heterocycles. The van der Waals surface area contributed by atoms with E-state index in [9.17, 15) is 5.21 Å². The molecule has 22 heavy (non-hydrogen) atoms. The van der Waals surface area contributed by atoms with Gasteiger partial charge < -0.3 is 10.1 Å². The molecule has 0 amide bonds. The van der Waals surface area contributed by atoms with Crippen molar-refractivity contribution >= 4 is 11.4 Å².